The van der Waals surface area contributed by atoms with Gasteiger partial charge in [-0.3, -0.25) is 9.59 Å². The highest BCUT2D eigenvalue weighted by atomic mass is 32.2. The number of amides is 2. The molecule has 2 amide bonds. The van der Waals surface area contributed by atoms with Crippen molar-refractivity contribution in [3.63, 3.8) is 0 Å². The molecule has 3 rings (SSSR count). The Kier molecular flexibility index (Phi) is 9.62. The fourth-order valence-corrected chi connectivity index (χ4v) is 5.31. The van der Waals surface area contributed by atoms with E-state index < -0.39 is 39.1 Å². The van der Waals surface area contributed by atoms with Gasteiger partial charge in [0.25, 0.3) is 5.91 Å². The lowest BCUT2D eigenvalue weighted by Crippen LogP contribution is -2.53. The van der Waals surface area contributed by atoms with E-state index in [1.54, 1.807) is 0 Å². The number of piperidine rings is 1. The lowest BCUT2D eigenvalue weighted by molar-refractivity contribution is -0.135. The first-order valence-corrected chi connectivity index (χ1v) is 13.7. The molecule has 2 N–H and O–H groups in total. The Labute approximate surface area is 225 Å². The van der Waals surface area contributed by atoms with Gasteiger partial charge in [0.1, 0.15) is 12.4 Å². The molecule has 39 heavy (non-hydrogen) atoms. The van der Waals surface area contributed by atoms with E-state index in [1.807, 2.05) is 0 Å². The summed E-state index contributed by atoms with van der Waals surface area (Å²) in [5.41, 5.74) is -1.29. The van der Waals surface area contributed by atoms with Crippen LogP contribution in [0.5, 0.6) is 5.75 Å². The molecule has 212 valence electrons. The van der Waals surface area contributed by atoms with Crippen molar-refractivity contribution in [3.05, 3.63) is 59.7 Å². The average Bonchev–Trinajstić information content (AvgIpc) is 2.88. The number of hydrogen-bond donors (Lipinski definition) is 2. The summed E-state index contributed by atoms with van der Waals surface area (Å²) in [6, 6.07) is 7.81. The van der Waals surface area contributed by atoms with Crippen LogP contribution in [0, 0.1) is 11.6 Å². The molecule has 1 aliphatic heterocycles. The second kappa shape index (κ2) is 12.5. The van der Waals surface area contributed by atoms with Crippen LogP contribution in [-0.2, 0) is 24.3 Å². The van der Waals surface area contributed by atoms with Crippen molar-refractivity contribution in [2.24, 2.45) is 0 Å². The molecule has 13 heteroatoms. The number of rotatable bonds is 10. The summed E-state index contributed by atoms with van der Waals surface area (Å²) in [4.78, 5) is 35.8. The van der Waals surface area contributed by atoms with E-state index in [0.29, 0.717) is 18.9 Å². The van der Waals surface area contributed by atoms with E-state index in [2.05, 4.69) is 10.6 Å². The number of benzene rings is 2. The molecule has 0 saturated carbocycles. The third-order valence-corrected chi connectivity index (χ3v) is 7.94. The number of carbonyl (C=O) groups excluding carboxylic acids is 3. The van der Waals surface area contributed by atoms with Crippen LogP contribution in [0.15, 0.2) is 47.4 Å². The lowest BCUT2D eigenvalue weighted by atomic mass is 10.0. The van der Waals surface area contributed by atoms with E-state index in [1.165, 1.54) is 49.3 Å². The smallest absolute Gasteiger partial charge is 0.338 e. The average molecular weight is 568 g/mol. The molecule has 1 saturated heterocycles. The van der Waals surface area contributed by atoms with E-state index in [9.17, 15) is 31.6 Å². The Balaban J connectivity index is 1.52. The first-order valence-electron chi connectivity index (χ1n) is 12.3. The van der Waals surface area contributed by atoms with Gasteiger partial charge in [-0.25, -0.2) is 22.0 Å². The standard InChI is InChI=1S/C26H31F2N3O7S/c1-17(32)29-12-15-37-24(33)18-4-7-21(8-5-18)39(35,36)31-13-10-20(11-14-31)30-25(34)26(2,3)38-23-9-6-19(27)16-22(23)28/h4-9,16,20H,10-15H2,1-3H3,(H,29,32)(H,30,34). The number of halogens is 2. The van der Waals surface area contributed by atoms with Gasteiger partial charge in [-0.1, -0.05) is 0 Å². The molecule has 0 aliphatic carbocycles. The van der Waals surface area contributed by atoms with Crippen molar-refractivity contribution in [3.8, 4) is 5.75 Å². The molecule has 1 fully saturated rings. The minimum absolute atomic E-state index is 0.00985. The molecule has 0 aromatic heterocycles. The SMILES string of the molecule is CC(=O)NCCOC(=O)c1ccc(S(=O)(=O)N2CCC(NC(=O)C(C)(C)Oc3ccc(F)cc3F)CC2)cc1. The van der Waals surface area contributed by atoms with Crippen molar-refractivity contribution in [2.75, 3.05) is 26.2 Å². The van der Waals surface area contributed by atoms with Gasteiger partial charge in [0.2, 0.25) is 15.9 Å². The number of carbonyl (C=O) groups is 3. The van der Waals surface area contributed by atoms with Crippen molar-refractivity contribution in [2.45, 2.75) is 50.2 Å². The van der Waals surface area contributed by atoms with Crippen LogP contribution in [-0.4, -0.2) is 68.4 Å². The molecule has 10 nitrogen and oxygen atoms in total. The zero-order valence-corrected chi connectivity index (χ0v) is 22.6. The first-order chi connectivity index (χ1) is 18.3. The van der Waals surface area contributed by atoms with Crippen molar-refractivity contribution < 1.29 is 41.1 Å². The summed E-state index contributed by atoms with van der Waals surface area (Å²) in [6.07, 6.45) is 0.676. The molecular weight excluding hydrogens is 536 g/mol. The van der Waals surface area contributed by atoms with Crippen molar-refractivity contribution >= 4 is 27.8 Å². The van der Waals surface area contributed by atoms with E-state index >= 15 is 0 Å². The summed E-state index contributed by atoms with van der Waals surface area (Å²) in [5.74, 6) is -3.37. The predicted molar refractivity (Wildman–Crippen MR) is 136 cm³/mol. The molecular formula is C26H31F2N3O7S. The number of nitrogens with one attached hydrogen (secondary N) is 2. The third-order valence-electron chi connectivity index (χ3n) is 6.03. The first kappa shape index (κ1) is 30.0. The number of esters is 1. The largest absolute Gasteiger partial charge is 0.475 e. The molecule has 2 aromatic rings. The number of ether oxygens (including phenoxy) is 2. The van der Waals surface area contributed by atoms with Crippen LogP contribution in [0.2, 0.25) is 0 Å². The van der Waals surface area contributed by atoms with Gasteiger partial charge in [0.05, 0.1) is 17.0 Å². The van der Waals surface area contributed by atoms with E-state index in [0.717, 1.165) is 12.1 Å². The topological polar surface area (TPSA) is 131 Å². The number of sulfonamides is 1. The van der Waals surface area contributed by atoms with Crippen LogP contribution >= 0.6 is 0 Å². The number of hydrogen-bond acceptors (Lipinski definition) is 7. The van der Waals surface area contributed by atoms with Crippen LogP contribution in [0.4, 0.5) is 8.78 Å². The van der Waals surface area contributed by atoms with Crippen LogP contribution in [0.1, 0.15) is 44.0 Å². The fraction of sp³-hybridized carbons (Fsp3) is 0.423. The van der Waals surface area contributed by atoms with Gasteiger partial charge in [-0.05, 0) is 63.1 Å². The molecule has 0 atom stereocenters. The maximum Gasteiger partial charge on any atom is 0.338 e. The van der Waals surface area contributed by atoms with E-state index in [-0.39, 0.29) is 54.4 Å². The van der Waals surface area contributed by atoms with Gasteiger partial charge in [0, 0.05) is 32.1 Å². The normalized spacial score (nSPS) is 14.9. The van der Waals surface area contributed by atoms with Gasteiger partial charge >= 0.3 is 5.97 Å². The molecule has 0 radical (unpaired) electrons. The molecule has 1 aliphatic rings. The summed E-state index contributed by atoms with van der Waals surface area (Å²) < 4.78 is 65.1. The van der Waals surface area contributed by atoms with Gasteiger partial charge in [-0.2, -0.15) is 4.31 Å². The molecule has 2 aromatic carbocycles. The van der Waals surface area contributed by atoms with E-state index in [4.69, 9.17) is 9.47 Å². The Hall–Kier alpha value is -3.58. The predicted octanol–water partition coefficient (Wildman–Crippen LogP) is 2.38. The Morgan fingerprint density at radius 2 is 1.69 bits per heavy atom. The summed E-state index contributed by atoms with van der Waals surface area (Å²) >= 11 is 0. The zero-order valence-electron chi connectivity index (χ0n) is 21.8. The molecule has 1 heterocycles. The molecule has 0 unspecified atom stereocenters. The maximum absolute atomic E-state index is 14.0. The minimum Gasteiger partial charge on any atom is -0.475 e. The minimum atomic E-state index is -3.84. The monoisotopic (exact) mass is 567 g/mol. The Morgan fingerprint density at radius 3 is 2.28 bits per heavy atom. The fourth-order valence-electron chi connectivity index (χ4n) is 3.85. The second-order valence-corrected chi connectivity index (χ2v) is 11.4. The maximum atomic E-state index is 14.0. The van der Waals surface area contributed by atoms with Crippen LogP contribution in [0.3, 0.4) is 0 Å². The highest BCUT2D eigenvalue weighted by Crippen LogP contribution is 2.25. The van der Waals surface area contributed by atoms with Crippen LogP contribution < -0.4 is 15.4 Å². The Bertz CT molecular complexity index is 1310. The second-order valence-electron chi connectivity index (χ2n) is 9.48. The van der Waals surface area contributed by atoms with Crippen molar-refractivity contribution in [1.29, 1.82) is 0 Å². The van der Waals surface area contributed by atoms with Gasteiger partial charge in [-0.15, -0.1) is 0 Å². The van der Waals surface area contributed by atoms with Crippen molar-refractivity contribution in [1.82, 2.24) is 14.9 Å². The van der Waals surface area contributed by atoms with Crippen LogP contribution in [0.25, 0.3) is 0 Å². The van der Waals surface area contributed by atoms with Gasteiger partial charge in [0.15, 0.2) is 17.2 Å². The van der Waals surface area contributed by atoms with Gasteiger partial charge < -0.3 is 20.1 Å². The molecule has 0 bridgehead atoms. The highest BCUT2D eigenvalue weighted by molar-refractivity contribution is 7.89. The zero-order chi connectivity index (χ0) is 28.8. The summed E-state index contributed by atoms with van der Waals surface area (Å²) in [5, 5.41) is 5.31. The number of nitrogens with zero attached hydrogens (tertiary/aromatic N) is 1. The lowest BCUT2D eigenvalue weighted by Gasteiger charge is -2.34. The Morgan fingerprint density at radius 1 is 1.05 bits per heavy atom. The highest BCUT2D eigenvalue weighted by Gasteiger charge is 2.35. The molecule has 0 spiro atoms. The summed E-state index contributed by atoms with van der Waals surface area (Å²) in [6.45, 7) is 4.69. The third kappa shape index (κ3) is 7.96. The summed E-state index contributed by atoms with van der Waals surface area (Å²) in [7, 11) is -3.84. The quantitative estimate of drug-likeness (QED) is 0.333.